The van der Waals surface area contributed by atoms with Crippen molar-refractivity contribution in [1.82, 2.24) is 5.06 Å². The molecule has 6 heteroatoms. The topological polar surface area (TPSA) is 38.8 Å². The fourth-order valence-corrected chi connectivity index (χ4v) is 1.82. The van der Waals surface area contributed by atoms with Crippen LogP contribution in [0.2, 0.25) is 5.02 Å². The van der Waals surface area contributed by atoms with E-state index in [4.69, 9.17) is 21.2 Å². The van der Waals surface area contributed by atoms with Gasteiger partial charge in [-0.25, -0.2) is 9.45 Å². The number of hydrogen-bond donors (Lipinski definition) is 0. The molecule has 98 valence electrons. The Morgan fingerprint density at radius 1 is 1.50 bits per heavy atom. The molecule has 0 aromatic heterocycles. The minimum atomic E-state index is -0.446. The minimum Gasteiger partial charge on any atom is -0.482 e. The van der Waals surface area contributed by atoms with Crippen LogP contribution < -0.4 is 4.74 Å². The lowest BCUT2D eigenvalue weighted by Crippen LogP contribution is -2.38. The van der Waals surface area contributed by atoms with Crippen LogP contribution >= 0.6 is 11.6 Å². The Kier molecular flexibility index (Phi) is 4.38. The summed E-state index contributed by atoms with van der Waals surface area (Å²) in [4.78, 5) is 16.9. The normalized spacial score (nSPS) is 15.6. The highest BCUT2D eigenvalue weighted by atomic mass is 35.5. The molecule has 0 bridgehead atoms. The van der Waals surface area contributed by atoms with Crippen molar-refractivity contribution in [1.29, 1.82) is 0 Å². The van der Waals surface area contributed by atoms with Gasteiger partial charge in [-0.3, -0.25) is 9.63 Å². The number of carbonyl (C=O) groups excluding carboxylic acids is 1. The summed E-state index contributed by atoms with van der Waals surface area (Å²) in [5.41, 5.74) is 0. The Labute approximate surface area is 109 Å². The van der Waals surface area contributed by atoms with E-state index in [9.17, 15) is 9.18 Å². The molecule has 1 aromatic carbocycles. The molecule has 1 aliphatic heterocycles. The van der Waals surface area contributed by atoms with Crippen LogP contribution in [-0.2, 0) is 9.63 Å². The molecule has 1 saturated heterocycles. The van der Waals surface area contributed by atoms with Gasteiger partial charge in [0.25, 0.3) is 5.91 Å². The summed E-state index contributed by atoms with van der Waals surface area (Å²) in [5.74, 6) is -0.434. The fourth-order valence-electron chi connectivity index (χ4n) is 1.60. The molecule has 0 unspecified atom stereocenters. The predicted octanol–water partition coefficient (Wildman–Crippen LogP) is 2.41. The Hall–Kier alpha value is -1.33. The van der Waals surface area contributed by atoms with Crippen molar-refractivity contribution in [3.63, 3.8) is 0 Å². The second-order valence-corrected chi connectivity index (χ2v) is 4.31. The molecule has 0 aliphatic carbocycles. The summed E-state index contributed by atoms with van der Waals surface area (Å²) < 4.78 is 18.0. The van der Waals surface area contributed by atoms with Crippen molar-refractivity contribution in [2.45, 2.75) is 12.8 Å². The highest BCUT2D eigenvalue weighted by Gasteiger charge is 2.18. The van der Waals surface area contributed by atoms with Crippen LogP contribution in [0.3, 0.4) is 0 Å². The average molecular weight is 274 g/mol. The van der Waals surface area contributed by atoms with Crippen LogP contribution in [0.25, 0.3) is 0 Å². The van der Waals surface area contributed by atoms with Gasteiger partial charge >= 0.3 is 0 Å². The standard InChI is InChI=1S/C12H13ClFNO3/c13-10-7-9(14)3-4-11(10)17-8-12(16)15-5-1-2-6-18-15/h3-4,7H,1-2,5-6,8H2. The second-order valence-electron chi connectivity index (χ2n) is 3.90. The van der Waals surface area contributed by atoms with E-state index in [1.807, 2.05) is 0 Å². The molecule has 1 aromatic rings. The Balaban J connectivity index is 1.88. The molecule has 1 fully saturated rings. The van der Waals surface area contributed by atoms with Gasteiger partial charge < -0.3 is 4.74 Å². The maximum Gasteiger partial charge on any atom is 0.283 e. The van der Waals surface area contributed by atoms with E-state index in [1.165, 1.54) is 17.2 Å². The second kappa shape index (κ2) is 6.02. The zero-order chi connectivity index (χ0) is 13.0. The molecule has 1 aliphatic rings. The lowest BCUT2D eigenvalue weighted by atomic mass is 10.3. The summed E-state index contributed by atoms with van der Waals surface area (Å²) in [6.45, 7) is 0.938. The molecule has 0 saturated carbocycles. The Bertz CT molecular complexity index is 435. The molecular weight excluding hydrogens is 261 g/mol. The van der Waals surface area contributed by atoms with Crippen LogP contribution in [-0.4, -0.2) is 30.7 Å². The van der Waals surface area contributed by atoms with E-state index in [2.05, 4.69) is 0 Å². The molecule has 2 rings (SSSR count). The summed E-state index contributed by atoms with van der Waals surface area (Å²) in [5, 5.41) is 1.43. The van der Waals surface area contributed by atoms with Crippen LogP contribution in [0.15, 0.2) is 18.2 Å². The fraction of sp³-hybridized carbons (Fsp3) is 0.417. The van der Waals surface area contributed by atoms with E-state index < -0.39 is 5.82 Å². The maximum atomic E-state index is 12.8. The SMILES string of the molecule is O=C(COc1ccc(F)cc1Cl)N1CCCCO1. The van der Waals surface area contributed by atoms with E-state index >= 15 is 0 Å². The summed E-state index contributed by atoms with van der Waals surface area (Å²) in [6, 6.07) is 3.75. The smallest absolute Gasteiger partial charge is 0.283 e. The summed E-state index contributed by atoms with van der Waals surface area (Å²) in [7, 11) is 0. The van der Waals surface area contributed by atoms with Gasteiger partial charge in [-0.2, -0.15) is 0 Å². The first-order valence-corrected chi connectivity index (χ1v) is 6.06. The molecule has 1 heterocycles. The van der Waals surface area contributed by atoms with Gasteiger partial charge in [-0.05, 0) is 31.0 Å². The van der Waals surface area contributed by atoms with Gasteiger partial charge in [0.15, 0.2) is 6.61 Å². The molecule has 1 amide bonds. The maximum absolute atomic E-state index is 12.8. The van der Waals surface area contributed by atoms with Crippen molar-refractivity contribution < 1.29 is 18.8 Å². The number of benzene rings is 1. The van der Waals surface area contributed by atoms with Crippen molar-refractivity contribution in [2.24, 2.45) is 0 Å². The van der Waals surface area contributed by atoms with Gasteiger partial charge in [0.2, 0.25) is 0 Å². The van der Waals surface area contributed by atoms with E-state index in [0.717, 1.165) is 18.9 Å². The molecule has 0 N–H and O–H groups in total. The number of halogens is 2. The van der Waals surface area contributed by atoms with Crippen molar-refractivity contribution in [2.75, 3.05) is 19.8 Å². The largest absolute Gasteiger partial charge is 0.482 e. The van der Waals surface area contributed by atoms with Crippen LogP contribution in [0.4, 0.5) is 4.39 Å². The van der Waals surface area contributed by atoms with Gasteiger partial charge in [0, 0.05) is 6.54 Å². The zero-order valence-electron chi connectivity index (χ0n) is 9.70. The monoisotopic (exact) mass is 273 g/mol. The van der Waals surface area contributed by atoms with Gasteiger partial charge in [-0.15, -0.1) is 0 Å². The van der Waals surface area contributed by atoms with Crippen molar-refractivity contribution in [3.8, 4) is 5.75 Å². The highest BCUT2D eigenvalue weighted by molar-refractivity contribution is 6.32. The number of amides is 1. The van der Waals surface area contributed by atoms with E-state index in [1.54, 1.807) is 0 Å². The number of ether oxygens (including phenoxy) is 1. The zero-order valence-corrected chi connectivity index (χ0v) is 10.5. The van der Waals surface area contributed by atoms with E-state index in [-0.39, 0.29) is 23.3 Å². The molecule has 0 spiro atoms. The number of hydroxylamine groups is 2. The Morgan fingerprint density at radius 2 is 2.33 bits per heavy atom. The third kappa shape index (κ3) is 3.34. The number of carbonyl (C=O) groups is 1. The van der Waals surface area contributed by atoms with Crippen molar-refractivity contribution in [3.05, 3.63) is 29.0 Å². The first-order valence-electron chi connectivity index (χ1n) is 5.68. The molecule has 18 heavy (non-hydrogen) atoms. The third-order valence-corrected chi connectivity index (χ3v) is 2.82. The molecule has 0 radical (unpaired) electrons. The summed E-state index contributed by atoms with van der Waals surface area (Å²) >= 11 is 5.78. The Morgan fingerprint density at radius 3 is 3.00 bits per heavy atom. The van der Waals surface area contributed by atoms with Crippen LogP contribution in [0, 0.1) is 5.82 Å². The first-order chi connectivity index (χ1) is 8.66. The minimum absolute atomic E-state index is 0.141. The van der Waals surface area contributed by atoms with Crippen LogP contribution in [0.5, 0.6) is 5.75 Å². The predicted molar refractivity (Wildman–Crippen MR) is 63.8 cm³/mol. The lowest BCUT2D eigenvalue weighted by Gasteiger charge is -2.25. The van der Waals surface area contributed by atoms with Gasteiger partial charge in [-0.1, -0.05) is 11.6 Å². The van der Waals surface area contributed by atoms with Crippen molar-refractivity contribution >= 4 is 17.5 Å². The quantitative estimate of drug-likeness (QED) is 0.849. The number of nitrogens with zero attached hydrogens (tertiary/aromatic N) is 1. The first kappa shape index (κ1) is 13.1. The molecular formula is C12H13ClFNO3. The third-order valence-electron chi connectivity index (χ3n) is 2.53. The molecule has 4 nitrogen and oxygen atoms in total. The number of hydrogen-bond acceptors (Lipinski definition) is 3. The summed E-state index contributed by atoms with van der Waals surface area (Å²) in [6.07, 6.45) is 1.87. The average Bonchev–Trinajstić information content (AvgIpc) is 2.38. The highest BCUT2D eigenvalue weighted by Crippen LogP contribution is 2.24. The molecule has 0 atom stereocenters. The van der Waals surface area contributed by atoms with Gasteiger partial charge in [0.05, 0.1) is 11.6 Å². The number of rotatable bonds is 3. The van der Waals surface area contributed by atoms with Crippen LogP contribution in [0.1, 0.15) is 12.8 Å². The lowest BCUT2D eigenvalue weighted by molar-refractivity contribution is -0.198. The van der Waals surface area contributed by atoms with E-state index in [0.29, 0.717) is 13.2 Å². The van der Waals surface area contributed by atoms with Gasteiger partial charge in [0.1, 0.15) is 11.6 Å².